The number of rotatable bonds is 2. The molecule has 0 radical (unpaired) electrons. The van der Waals surface area contributed by atoms with Crippen LogP contribution in [0.15, 0.2) is 42.6 Å². The minimum absolute atomic E-state index is 0.888. The van der Waals surface area contributed by atoms with Crippen molar-refractivity contribution < 1.29 is 4.57 Å². The Labute approximate surface area is 90.2 Å². The van der Waals surface area contributed by atoms with Gasteiger partial charge in [-0.15, -0.1) is 0 Å². The highest BCUT2D eigenvalue weighted by atomic mass is 15.0. The first-order valence-electron chi connectivity index (χ1n) is 5.12. The predicted octanol–water partition coefficient (Wildman–Crippen LogP) is 1.81. The largest absolute Gasteiger partial charge is 0.302 e. The van der Waals surface area contributed by atoms with Crippen LogP contribution in [-0.2, 0) is 13.5 Å². The van der Waals surface area contributed by atoms with Gasteiger partial charge in [0.1, 0.15) is 0 Å². The van der Waals surface area contributed by atoms with Crippen molar-refractivity contribution in [3.05, 3.63) is 59.7 Å². The van der Waals surface area contributed by atoms with Crippen molar-refractivity contribution in [1.29, 1.82) is 0 Å². The zero-order chi connectivity index (χ0) is 10.7. The standard InChI is InChI=1S/C13H15N2/c1-11-8-9-15(2)13(14-11)10-12-6-4-3-5-7-12/h3-9H,10H2,1-2H3/q+1. The summed E-state index contributed by atoms with van der Waals surface area (Å²) in [5.41, 5.74) is 2.37. The lowest BCUT2D eigenvalue weighted by Crippen LogP contribution is -2.34. The van der Waals surface area contributed by atoms with Gasteiger partial charge in [0.15, 0.2) is 5.69 Å². The molecule has 2 aromatic rings. The van der Waals surface area contributed by atoms with Gasteiger partial charge in [0.25, 0.3) is 0 Å². The molecule has 2 nitrogen and oxygen atoms in total. The summed E-state index contributed by atoms with van der Waals surface area (Å²) >= 11 is 0. The molecular weight excluding hydrogens is 184 g/mol. The van der Waals surface area contributed by atoms with Gasteiger partial charge >= 0.3 is 5.82 Å². The van der Waals surface area contributed by atoms with Crippen LogP contribution in [0.25, 0.3) is 0 Å². The molecule has 0 saturated heterocycles. The van der Waals surface area contributed by atoms with E-state index >= 15 is 0 Å². The third kappa shape index (κ3) is 2.40. The van der Waals surface area contributed by atoms with Crippen LogP contribution in [0.3, 0.4) is 0 Å². The summed E-state index contributed by atoms with van der Waals surface area (Å²) in [7, 11) is 2.03. The zero-order valence-electron chi connectivity index (χ0n) is 9.14. The Morgan fingerprint density at radius 1 is 1.13 bits per heavy atom. The molecule has 1 aromatic carbocycles. The highest BCUT2D eigenvalue weighted by Crippen LogP contribution is 2.03. The fourth-order valence-electron chi connectivity index (χ4n) is 1.57. The predicted molar refractivity (Wildman–Crippen MR) is 59.4 cm³/mol. The van der Waals surface area contributed by atoms with Gasteiger partial charge in [-0.3, -0.25) is 0 Å². The highest BCUT2D eigenvalue weighted by Gasteiger charge is 2.10. The second kappa shape index (κ2) is 4.22. The van der Waals surface area contributed by atoms with Gasteiger partial charge in [-0.05, 0) is 5.56 Å². The number of aromatic nitrogens is 2. The van der Waals surface area contributed by atoms with Crippen molar-refractivity contribution in [3.8, 4) is 0 Å². The van der Waals surface area contributed by atoms with Crippen LogP contribution in [0.2, 0.25) is 0 Å². The van der Waals surface area contributed by atoms with E-state index in [0.717, 1.165) is 17.9 Å². The summed E-state index contributed by atoms with van der Waals surface area (Å²) in [5, 5.41) is 0. The first-order valence-corrected chi connectivity index (χ1v) is 5.12. The Bertz CT molecular complexity index is 449. The molecule has 0 aliphatic carbocycles. The monoisotopic (exact) mass is 199 g/mol. The van der Waals surface area contributed by atoms with Crippen LogP contribution in [0.5, 0.6) is 0 Å². The smallest absolute Gasteiger partial charge is 0.237 e. The zero-order valence-corrected chi connectivity index (χ0v) is 9.14. The fraction of sp³-hybridized carbons (Fsp3) is 0.231. The number of aryl methyl sites for hydroxylation is 2. The third-order valence-electron chi connectivity index (χ3n) is 2.46. The second-order valence-electron chi connectivity index (χ2n) is 3.76. The van der Waals surface area contributed by atoms with Gasteiger partial charge in [0, 0.05) is 13.0 Å². The van der Waals surface area contributed by atoms with Crippen molar-refractivity contribution in [2.75, 3.05) is 0 Å². The lowest BCUT2D eigenvalue weighted by molar-refractivity contribution is -0.682. The Morgan fingerprint density at radius 3 is 2.60 bits per heavy atom. The van der Waals surface area contributed by atoms with Gasteiger partial charge in [-0.2, -0.15) is 0 Å². The molecule has 2 heteroatoms. The molecule has 0 saturated carbocycles. The lowest BCUT2D eigenvalue weighted by atomic mass is 10.1. The van der Waals surface area contributed by atoms with E-state index in [9.17, 15) is 0 Å². The Balaban J connectivity index is 2.28. The molecule has 0 amide bonds. The molecular formula is C13H15N2+. The summed E-state index contributed by atoms with van der Waals surface area (Å²) in [5.74, 6) is 1.10. The molecule has 0 aliphatic rings. The number of hydrogen-bond acceptors (Lipinski definition) is 1. The van der Waals surface area contributed by atoms with Gasteiger partial charge in [0.05, 0.1) is 19.7 Å². The molecule has 0 aliphatic heterocycles. The molecule has 0 unspecified atom stereocenters. The van der Waals surface area contributed by atoms with E-state index < -0.39 is 0 Å². The van der Waals surface area contributed by atoms with Crippen molar-refractivity contribution in [3.63, 3.8) is 0 Å². The maximum absolute atomic E-state index is 4.53. The SMILES string of the molecule is Cc1cc[n+](C)c(Cc2ccccc2)n1. The maximum Gasteiger partial charge on any atom is 0.302 e. The van der Waals surface area contributed by atoms with E-state index in [1.807, 2.05) is 26.1 Å². The summed E-state index contributed by atoms with van der Waals surface area (Å²) < 4.78 is 2.07. The van der Waals surface area contributed by atoms with Crippen LogP contribution in [0.4, 0.5) is 0 Å². The lowest BCUT2D eigenvalue weighted by Gasteiger charge is -1.99. The molecule has 0 atom stereocenters. The highest BCUT2D eigenvalue weighted by molar-refractivity contribution is 5.17. The van der Waals surface area contributed by atoms with Gasteiger partial charge in [0.2, 0.25) is 0 Å². The fourth-order valence-corrected chi connectivity index (χ4v) is 1.57. The molecule has 0 spiro atoms. The first-order chi connectivity index (χ1) is 7.25. The van der Waals surface area contributed by atoms with E-state index in [2.05, 4.69) is 40.0 Å². The summed E-state index contributed by atoms with van der Waals surface area (Å²) in [6.45, 7) is 2.02. The van der Waals surface area contributed by atoms with Crippen LogP contribution < -0.4 is 4.57 Å². The van der Waals surface area contributed by atoms with E-state index in [1.54, 1.807) is 0 Å². The number of benzene rings is 1. The maximum atomic E-state index is 4.53. The quantitative estimate of drug-likeness (QED) is 0.674. The molecule has 0 bridgehead atoms. The van der Waals surface area contributed by atoms with Gasteiger partial charge < -0.3 is 0 Å². The van der Waals surface area contributed by atoms with E-state index in [1.165, 1.54) is 5.56 Å². The topological polar surface area (TPSA) is 16.8 Å². The molecule has 0 fully saturated rings. The molecule has 0 N–H and O–H groups in total. The minimum atomic E-state index is 0.888. The summed E-state index contributed by atoms with van der Waals surface area (Å²) in [6, 6.07) is 12.4. The van der Waals surface area contributed by atoms with E-state index in [0.29, 0.717) is 0 Å². The van der Waals surface area contributed by atoms with E-state index in [4.69, 9.17) is 0 Å². The Morgan fingerprint density at radius 2 is 1.87 bits per heavy atom. The summed E-state index contributed by atoms with van der Waals surface area (Å²) in [4.78, 5) is 4.53. The molecule has 15 heavy (non-hydrogen) atoms. The van der Waals surface area contributed by atoms with Gasteiger partial charge in [-0.1, -0.05) is 35.3 Å². The number of nitrogens with zero attached hydrogens (tertiary/aromatic N) is 2. The normalized spacial score (nSPS) is 10.3. The van der Waals surface area contributed by atoms with Crippen molar-refractivity contribution >= 4 is 0 Å². The van der Waals surface area contributed by atoms with Crippen LogP contribution in [0, 0.1) is 6.92 Å². The van der Waals surface area contributed by atoms with Crippen LogP contribution in [-0.4, -0.2) is 4.98 Å². The molecule has 2 rings (SSSR count). The van der Waals surface area contributed by atoms with Gasteiger partial charge in [-0.25, -0.2) is 4.57 Å². The van der Waals surface area contributed by atoms with Crippen LogP contribution in [0.1, 0.15) is 17.1 Å². The minimum Gasteiger partial charge on any atom is -0.237 e. The Hall–Kier alpha value is -1.70. The van der Waals surface area contributed by atoms with Crippen molar-refractivity contribution in [2.24, 2.45) is 7.05 Å². The first kappa shape index (κ1) is 9.84. The van der Waals surface area contributed by atoms with E-state index in [-0.39, 0.29) is 0 Å². The average Bonchev–Trinajstić information content (AvgIpc) is 2.25. The van der Waals surface area contributed by atoms with Crippen molar-refractivity contribution in [2.45, 2.75) is 13.3 Å². The average molecular weight is 199 g/mol. The third-order valence-corrected chi connectivity index (χ3v) is 2.46. The molecule has 1 heterocycles. The van der Waals surface area contributed by atoms with Crippen LogP contribution >= 0.6 is 0 Å². The molecule has 76 valence electrons. The Kier molecular flexibility index (Phi) is 2.77. The van der Waals surface area contributed by atoms with Crippen molar-refractivity contribution in [1.82, 2.24) is 4.98 Å². The second-order valence-corrected chi connectivity index (χ2v) is 3.76. The number of hydrogen-bond donors (Lipinski definition) is 0. The molecule has 1 aromatic heterocycles. The summed E-state index contributed by atoms with van der Waals surface area (Å²) in [6.07, 6.45) is 2.94.